The Hall–Kier alpha value is -3.72. The second kappa shape index (κ2) is 8.57. The third-order valence-electron chi connectivity index (χ3n) is 4.94. The average Bonchev–Trinajstić information content (AvgIpc) is 3.31. The highest BCUT2D eigenvalue weighted by Gasteiger charge is 2.14. The van der Waals surface area contributed by atoms with E-state index in [1.807, 2.05) is 67.1 Å². The molecule has 2 aromatic carbocycles. The largest absolute Gasteiger partial charge is 0.493 e. The molecule has 0 radical (unpaired) electrons. The molecule has 31 heavy (non-hydrogen) atoms. The van der Waals surface area contributed by atoms with Crippen molar-refractivity contribution in [2.24, 2.45) is 5.10 Å². The van der Waals surface area contributed by atoms with E-state index >= 15 is 0 Å². The molecule has 0 aliphatic carbocycles. The van der Waals surface area contributed by atoms with Gasteiger partial charge in [-0.1, -0.05) is 18.2 Å². The minimum Gasteiger partial charge on any atom is -0.493 e. The topological polar surface area (TPSA) is 82.3 Å². The SMILES string of the molecule is COc1ccc(-c2n[nH]c(=S)n2/N=C\c2c(C)nn(-c3ccccc3)c2C)cc1OC. The summed E-state index contributed by atoms with van der Waals surface area (Å²) in [6.07, 6.45) is 1.76. The quantitative estimate of drug-likeness (QED) is 0.361. The van der Waals surface area contributed by atoms with Crippen LogP contribution in [0.3, 0.4) is 0 Å². The van der Waals surface area contributed by atoms with Gasteiger partial charge in [0.15, 0.2) is 17.3 Å². The molecule has 0 aliphatic rings. The maximum atomic E-state index is 5.40. The van der Waals surface area contributed by atoms with Crippen molar-refractivity contribution in [1.82, 2.24) is 24.7 Å². The summed E-state index contributed by atoms with van der Waals surface area (Å²) < 4.78 is 14.6. The Morgan fingerprint density at radius 1 is 1.03 bits per heavy atom. The molecule has 4 aromatic rings. The molecule has 8 nitrogen and oxygen atoms in total. The molecule has 0 unspecified atom stereocenters. The van der Waals surface area contributed by atoms with E-state index in [-0.39, 0.29) is 0 Å². The number of hydrogen-bond donors (Lipinski definition) is 1. The van der Waals surface area contributed by atoms with Crippen molar-refractivity contribution in [3.63, 3.8) is 0 Å². The van der Waals surface area contributed by atoms with Gasteiger partial charge in [-0.3, -0.25) is 0 Å². The standard InChI is InChI=1S/C22H22N6O2S/c1-14-18(15(2)27(26-14)17-8-6-5-7-9-17)13-23-28-21(24-25-22(28)31)16-10-11-19(29-3)20(12-16)30-4/h5-13H,1-4H3,(H,25,31)/b23-13-. The van der Waals surface area contributed by atoms with Crippen LogP contribution in [0, 0.1) is 18.6 Å². The number of methoxy groups -OCH3 is 2. The fourth-order valence-corrected chi connectivity index (χ4v) is 3.52. The lowest BCUT2D eigenvalue weighted by Gasteiger charge is -2.09. The van der Waals surface area contributed by atoms with E-state index in [9.17, 15) is 0 Å². The highest BCUT2D eigenvalue weighted by molar-refractivity contribution is 7.71. The zero-order chi connectivity index (χ0) is 22.0. The first-order valence-electron chi connectivity index (χ1n) is 9.59. The van der Waals surface area contributed by atoms with Gasteiger partial charge >= 0.3 is 0 Å². The van der Waals surface area contributed by atoms with Crippen molar-refractivity contribution in [3.8, 4) is 28.6 Å². The summed E-state index contributed by atoms with van der Waals surface area (Å²) >= 11 is 5.40. The number of benzene rings is 2. The number of H-pyrrole nitrogens is 1. The first-order chi connectivity index (χ1) is 15.0. The van der Waals surface area contributed by atoms with Crippen LogP contribution in [0.2, 0.25) is 0 Å². The predicted molar refractivity (Wildman–Crippen MR) is 122 cm³/mol. The van der Waals surface area contributed by atoms with Crippen molar-refractivity contribution in [2.45, 2.75) is 13.8 Å². The van der Waals surface area contributed by atoms with Gasteiger partial charge in [-0.2, -0.15) is 20.0 Å². The van der Waals surface area contributed by atoms with Crippen molar-refractivity contribution in [1.29, 1.82) is 0 Å². The monoisotopic (exact) mass is 434 g/mol. The Kier molecular flexibility index (Phi) is 5.68. The molecule has 1 N–H and O–H groups in total. The number of para-hydroxylation sites is 1. The molecule has 0 atom stereocenters. The second-order valence-corrected chi connectivity index (χ2v) is 7.20. The number of rotatable bonds is 6. The molecular weight excluding hydrogens is 412 g/mol. The highest BCUT2D eigenvalue weighted by Crippen LogP contribution is 2.31. The van der Waals surface area contributed by atoms with Gasteiger partial charge in [-0.15, -0.1) is 0 Å². The van der Waals surface area contributed by atoms with E-state index in [0.717, 1.165) is 28.2 Å². The van der Waals surface area contributed by atoms with Gasteiger partial charge in [0.2, 0.25) is 4.77 Å². The van der Waals surface area contributed by atoms with Gasteiger partial charge < -0.3 is 9.47 Å². The highest BCUT2D eigenvalue weighted by atomic mass is 32.1. The predicted octanol–water partition coefficient (Wildman–Crippen LogP) is 4.31. The number of aromatic amines is 1. The van der Waals surface area contributed by atoms with Crippen LogP contribution in [-0.2, 0) is 0 Å². The van der Waals surface area contributed by atoms with E-state index in [1.165, 1.54) is 0 Å². The van der Waals surface area contributed by atoms with E-state index in [1.54, 1.807) is 25.1 Å². The first-order valence-corrected chi connectivity index (χ1v) is 10.00. The molecule has 0 saturated heterocycles. The van der Waals surface area contributed by atoms with Crippen LogP contribution in [-0.4, -0.2) is 45.1 Å². The third kappa shape index (κ3) is 3.87. The van der Waals surface area contributed by atoms with Crippen LogP contribution in [0.5, 0.6) is 11.5 Å². The molecule has 0 amide bonds. The molecule has 0 fully saturated rings. The molecule has 2 aromatic heterocycles. The molecule has 0 spiro atoms. The lowest BCUT2D eigenvalue weighted by Crippen LogP contribution is -2.00. The van der Waals surface area contributed by atoms with Gasteiger partial charge in [0.25, 0.3) is 0 Å². The fraction of sp³-hybridized carbons (Fsp3) is 0.182. The summed E-state index contributed by atoms with van der Waals surface area (Å²) in [7, 11) is 3.19. The Labute approximate surface area is 184 Å². The van der Waals surface area contributed by atoms with Crippen molar-refractivity contribution >= 4 is 18.4 Å². The second-order valence-electron chi connectivity index (χ2n) is 6.81. The lowest BCUT2D eigenvalue weighted by molar-refractivity contribution is 0.355. The molecule has 2 heterocycles. The number of ether oxygens (including phenoxy) is 2. The zero-order valence-electron chi connectivity index (χ0n) is 17.7. The van der Waals surface area contributed by atoms with E-state index < -0.39 is 0 Å². The number of nitrogens with zero attached hydrogens (tertiary/aromatic N) is 5. The Bertz CT molecular complexity index is 1300. The molecule has 9 heteroatoms. The number of aryl methyl sites for hydroxylation is 1. The average molecular weight is 435 g/mol. The fourth-order valence-electron chi connectivity index (χ4n) is 3.34. The smallest absolute Gasteiger partial charge is 0.216 e. The Morgan fingerprint density at radius 2 is 1.77 bits per heavy atom. The summed E-state index contributed by atoms with van der Waals surface area (Å²) in [5, 5.41) is 16.4. The summed E-state index contributed by atoms with van der Waals surface area (Å²) in [5.74, 6) is 1.79. The Morgan fingerprint density at radius 3 is 2.48 bits per heavy atom. The zero-order valence-corrected chi connectivity index (χ0v) is 18.5. The van der Waals surface area contributed by atoms with E-state index in [0.29, 0.717) is 22.1 Å². The van der Waals surface area contributed by atoms with Crippen LogP contribution >= 0.6 is 12.2 Å². The normalized spacial score (nSPS) is 11.2. The van der Waals surface area contributed by atoms with E-state index in [2.05, 4.69) is 20.4 Å². The molecule has 4 rings (SSSR count). The van der Waals surface area contributed by atoms with Crippen molar-refractivity contribution in [2.75, 3.05) is 14.2 Å². The van der Waals surface area contributed by atoms with Gasteiger partial charge in [0, 0.05) is 11.1 Å². The molecular formula is C22H22N6O2S. The maximum absolute atomic E-state index is 5.40. The van der Waals surface area contributed by atoms with Crippen molar-refractivity contribution in [3.05, 3.63) is 70.3 Å². The maximum Gasteiger partial charge on any atom is 0.216 e. The summed E-state index contributed by atoms with van der Waals surface area (Å²) in [6, 6.07) is 15.5. The third-order valence-corrected chi connectivity index (χ3v) is 5.21. The van der Waals surface area contributed by atoms with Crippen LogP contribution in [0.4, 0.5) is 0 Å². The van der Waals surface area contributed by atoms with Crippen molar-refractivity contribution < 1.29 is 9.47 Å². The first kappa shape index (κ1) is 20.5. The molecule has 0 aliphatic heterocycles. The van der Waals surface area contributed by atoms with Crippen LogP contribution in [0.1, 0.15) is 17.0 Å². The van der Waals surface area contributed by atoms with Gasteiger partial charge in [0.05, 0.1) is 37.5 Å². The number of nitrogens with one attached hydrogen (secondary N) is 1. The van der Waals surface area contributed by atoms with Gasteiger partial charge in [0.1, 0.15) is 0 Å². The van der Waals surface area contributed by atoms with E-state index in [4.69, 9.17) is 21.7 Å². The minimum atomic E-state index is 0.381. The summed E-state index contributed by atoms with van der Waals surface area (Å²) in [4.78, 5) is 0. The number of hydrogen-bond acceptors (Lipinski definition) is 6. The van der Waals surface area contributed by atoms with Gasteiger partial charge in [-0.05, 0) is 56.4 Å². The van der Waals surface area contributed by atoms with Gasteiger partial charge in [-0.25, -0.2) is 9.78 Å². The van der Waals surface area contributed by atoms with Crippen LogP contribution in [0.15, 0.2) is 53.6 Å². The number of aromatic nitrogens is 5. The lowest BCUT2D eigenvalue weighted by atomic mass is 10.2. The summed E-state index contributed by atoms with van der Waals surface area (Å²) in [6.45, 7) is 3.97. The van der Waals surface area contributed by atoms with Crippen LogP contribution in [0.25, 0.3) is 17.1 Å². The molecule has 0 bridgehead atoms. The minimum absolute atomic E-state index is 0.381. The molecule has 158 valence electrons. The summed E-state index contributed by atoms with van der Waals surface area (Å²) in [5.41, 5.74) is 4.55. The Balaban J connectivity index is 1.73. The molecule has 0 saturated carbocycles. The van der Waals surface area contributed by atoms with Crippen LogP contribution < -0.4 is 9.47 Å².